The first-order chi connectivity index (χ1) is 8.74. The minimum Gasteiger partial charge on any atom is -0.346 e. The maximum Gasteiger partial charge on any atom is 0.265 e. The molecule has 1 aromatic carbocycles. The molecule has 0 aliphatic carbocycles. The summed E-state index contributed by atoms with van der Waals surface area (Å²) in [5.74, 6) is -0.0898. The Labute approximate surface area is 115 Å². The summed E-state index contributed by atoms with van der Waals surface area (Å²) in [4.78, 5) is 14.5. The molecule has 0 unspecified atom stereocenters. The molecule has 18 heavy (non-hydrogen) atoms. The first-order valence-corrected chi connectivity index (χ1v) is 7.06. The third-order valence-electron chi connectivity index (χ3n) is 3.06. The number of hydrogen-bond donors (Lipinski definition) is 1. The molecule has 0 atom stereocenters. The van der Waals surface area contributed by atoms with E-state index in [0.717, 1.165) is 19.4 Å². The molecule has 0 radical (unpaired) electrons. The van der Waals surface area contributed by atoms with Gasteiger partial charge in [0.1, 0.15) is 4.32 Å². The van der Waals surface area contributed by atoms with E-state index in [-0.39, 0.29) is 5.91 Å². The largest absolute Gasteiger partial charge is 0.346 e. The number of fused-ring (bicyclic) bond motifs is 1. The monoisotopic (exact) mass is 276 g/mol. The predicted molar refractivity (Wildman–Crippen MR) is 78.5 cm³/mol. The highest BCUT2D eigenvalue weighted by molar-refractivity contribution is 8.26. The van der Waals surface area contributed by atoms with Gasteiger partial charge in [-0.05, 0) is 24.5 Å². The van der Waals surface area contributed by atoms with Crippen molar-refractivity contribution in [1.82, 2.24) is 5.32 Å². The summed E-state index contributed by atoms with van der Waals surface area (Å²) in [6.45, 7) is 0.946. The van der Waals surface area contributed by atoms with Crippen LogP contribution in [-0.4, -0.2) is 16.8 Å². The van der Waals surface area contributed by atoms with Crippen LogP contribution < -0.4 is 10.2 Å². The van der Waals surface area contributed by atoms with Gasteiger partial charge in [0.2, 0.25) is 0 Å². The Morgan fingerprint density at radius 1 is 1.39 bits per heavy atom. The number of thiocarbonyl (C=S) groups is 1. The molecule has 1 N–H and O–H groups in total. The number of rotatable bonds is 1. The number of aryl methyl sites for hydroxylation is 1. The lowest BCUT2D eigenvalue weighted by Gasteiger charge is -2.28. The van der Waals surface area contributed by atoms with E-state index in [0.29, 0.717) is 9.23 Å². The number of carbonyl (C=O) groups excluding carboxylic acids is 1. The molecule has 3 rings (SSSR count). The molecule has 0 spiro atoms. The third kappa shape index (κ3) is 2.15. The number of benzene rings is 1. The van der Waals surface area contributed by atoms with Crippen LogP contribution in [0, 0.1) is 0 Å². The van der Waals surface area contributed by atoms with Gasteiger partial charge in [-0.1, -0.05) is 42.2 Å². The molecule has 1 amide bonds. The molecule has 1 fully saturated rings. The van der Waals surface area contributed by atoms with Crippen molar-refractivity contribution in [3.05, 3.63) is 40.9 Å². The first kappa shape index (κ1) is 11.7. The Balaban J connectivity index is 1.93. The molecule has 0 saturated carbocycles. The Hall–Kier alpha value is -1.33. The molecular weight excluding hydrogens is 264 g/mol. The summed E-state index contributed by atoms with van der Waals surface area (Å²) in [6, 6.07) is 8.33. The fourth-order valence-corrected chi connectivity index (χ4v) is 3.28. The van der Waals surface area contributed by atoms with Gasteiger partial charge in [-0.15, -0.1) is 0 Å². The molecule has 0 bridgehead atoms. The van der Waals surface area contributed by atoms with Gasteiger partial charge in [0.15, 0.2) is 0 Å². The van der Waals surface area contributed by atoms with Crippen LogP contribution in [0.5, 0.6) is 0 Å². The summed E-state index contributed by atoms with van der Waals surface area (Å²) in [5.41, 5.74) is 2.54. The van der Waals surface area contributed by atoms with Gasteiger partial charge in [0.25, 0.3) is 5.91 Å². The number of anilines is 1. The van der Waals surface area contributed by atoms with Gasteiger partial charge in [-0.25, -0.2) is 0 Å². The summed E-state index contributed by atoms with van der Waals surface area (Å²) in [5, 5.41) is 2.64. The molecule has 2 aliphatic rings. The number of carbonyl (C=O) groups is 1. The van der Waals surface area contributed by atoms with Crippen LogP contribution in [0.15, 0.2) is 35.4 Å². The molecule has 2 aliphatic heterocycles. The van der Waals surface area contributed by atoms with Gasteiger partial charge >= 0.3 is 0 Å². The lowest BCUT2D eigenvalue weighted by molar-refractivity contribution is -0.115. The highest BCUT2D eigenvalue weighted by Crippen LogP contribution is 2.30. The number of nitrogens with one attached hydrogen (secondary N) is 1. The van der Waals surface area contributed by atoms with Crippen LogP contribution in [0.25, 0.3) is 0 Å². The van der Waals surface area contributed by atoms with Crippen molar-refractivity contribution in [1.29, 1.82) is 0 Å². The maximum absolute atomic E-state index is 11.7. The van der Waals surface area contributed by atoms with Crippen molar-refractivity contribution < 1.29 is 4.79 Å². The van der Waals surface area contributed by atoms with E-state index in [1.54, 1.807) is 0 Å². The third-order valence-corrected chi connectivity index (χ3v) is 4.21. The number of hydrogen-bond acceptors (Lipinski definition) is 4. The van der Waals surface area contributed by atoms with Crippen LogP contribution in [0.3, 0.4) is 0 Å². The zero-order valence-corrected chi connectivity index (χ0v) is 11.3. The fraction of sp³-hybridized carbons (Fsp3) is 0.231. The van der Waals surface area contributed by atoms with Gasteiger partial charge in [0.05, 0.1) is 4.91 Å². The lowest BCUT2D eigenvalue weighted by Crippen LogP contribution is -2.25. The molecule has 92 valence electrons. The number of amides is 1. The summed E-state index contributed by atoms with van der Waals surface area (Å²) in [7, 11) is 0. The average Bonchev–Trinajstić information content (AvgIpc) is 2.68. The van der Waals surface area contributed by atoms with Crippen molar-refractivity contribution in [3.8, 4) is 0 Å². The molecule has 3 nitrogen and oxygen atoms in total. The normalized spacial score (nSPS) is 21.1. The second kappa shape index (κ2) is 4.74. The molecule has 1 aromatic rings. The van der Waals surface area contributed by atoms with E-state index < -0.39 is 0 Å². The highest BCUT2D eigenvalue weighted by Gasteiger charge is 2.24. The lowest BCUT2D eigenvalue weighted by atomic mass is 10.0. The van der Waals surface area contributed by atoms with Gasteiger partial charge in [0, 0.05) is 18.4 Å². The van der Waals surface area contributed by atoms with E-state index in [4.69, 9.17) is 12.2 Å². The standard InChI is InChI=1S/C13H12N2OS2/c16-12-11(18-13(17)14-12)8-15-7-3-5-9-4-1-2-6-10(9)15/h1-2,4,6,8H,3,5,7H2,(H,14,16,17)/b11-8+. The second-order valence-electron chi connectivity index (χ2n) is 4.26. The first-order valence-electron chi connectivity index (χ1n) is 5.83. The van der Waals surface area contributed by atoms with Crippen LogP contribution in [0.1, 0.15) is 12.0 Å². The molecule has 2 heterocycles. The van der Waals surface area contributed by atoms with Crippen LogP contribution >= 0.6 is 24.0 Å². The minimum absolute atomic E-state index is 0.0898. The number of thioether (sulfide) groups is 1. The van der Waals surface area contributed by atoms with E-state index in [1.165, 1.54) is 23.0 Å². The zero-order valence-electron chi connectivity index (χ0n) is 9.68. The Bertz CT molecular complexity index is 554. The molecule has 0 aromatic heterocycles. The van der Waals surface area contributed by atoms with Crippen molar-refractivity contribution in [2.24, 2.45) is 0 Å². The topological polar surface area (TPSA) is 32.3 Å². The summed E-state index contributed by atoms with van der Waals surface area (Å²) < 4.78 is 0.538. The summed E-state index contributed by atoms with van der Waals surface area (Å²) in [6.07, 6.45) is 4.13. The maximum atomic E-state index is 11.7. The SMILES string of the molecule is O=C1NC(=S)S/C1=C/N1CCCc2ccccc21. The molecular formula is C13H12N2OS2. The minimum atomic E-state index is -0.0898. The van der Waals surface area contributed by atoms with Crippen molar-refractivity contribution in [2.45, 2.75) is 12.8 Å². The van der Waals surface area contributed by atoms with Gasteiger partial charge in [-0.2, -0.15) is 0 Å². The van der Waals surface area contributed by atoms with Crippen molar-refractivity contribution in [2.75, 3.05) is 11.4 Å². The van der Waals surface area contributed by atoms with E-state index in [2.05, 4.69) is 28.4 Å². The molecule has 5 heteroatoms. The zero-order chi connectivity index (χ0) is 12.5. The van der Waals surface area contributed by atoms with Crippen molar-refractivity contribution in [3.63, 3.8) is 0 Å². The smallest absolute Gasteiger partial charge is 0.265 e. The number of nitrogens with zero attached hydrogens (tertiary/aromatic N) is 1. The van der Waals surface area contributed by atoms with Crippen LogP contribution in [0.2, 0.25) is 0 Å². The van der Waals surface area contributed by atoms with Crippen LogP contribution in [0.4, 0.5) is 5.69 Å². The average molecular weight is 276 g/mol. The highest BCUT2D eigenvalue weighted by atomic mass is 32.2. The summed E-state index contributed by atoms with van der Waals surface area (Å²) >= 11 is 6.32. The Kier molecular flexibility index (Phi) is 3.09. The Morgan fingerprint density at radius 2 is 2.22 bits per heavy atom. The van der Waals surface area contributed by atoms with Gasteiger partial charge in [-0.3, -0.25) is 4.79 Å². The quantitative estimate of drug-likeness (QED) is 0.631. The second-order valence-corrected chi connectivity index (χ2v) is 5.98. The van der Waals surface area contributed by atoms with Crippen LogP contribution in [-0.2, 0) is 11.2 Å². The van der Waals surface area contributed by atoms with Crippen molar-refractivity contribution >= 4 is 39.9 Å². The van der Waals surface area contributed by atoms with E-state index >= 15 is 0 Å². The fourth-order valence-electron chi connectivity index (χ4n) is 2.25. The Morgan fingerprint density at radius 3 is 3.00 bits per heavy atom. The molecule has 1 saturated heterocycles. The van der Waals surface area contributed by atoms with E-state index in [1.807, 2.05) is 12.3 Å². The van der Waals surface area contributed by atoms with E-state index in [9.17, 15) is 4.79 Å². The predicted octanol–water partition coefficient (Wildman–Crippen LogP) is 2.43. The number of para-hydroxylation sites is 1. The van der Waals surface area contributed by atoms with Gasteiger partial charge < -0.3 is 10.2 Å².